The molecule has 1 atom stereocenters. The normalized spacial score (nSPS) is 12.1. The van der Waals surface area contributed by atoms with Crippen LogP contribution in [0.25, 0.3) is 10.9 Å². The van der Waals surface area contributed by atoms with Crippen LogP contribution in [-0.4, -0.2) is 34.2 Å². The van der Waals surface area contributed by atoms with Crippen LogP contribution in [0.4, 0.5) is 18.9 Å². The maximum atomic E-state index is 13.7. The number of hydrogen-bond donors (Lipinski definition) is 2. The molecular formula is C29H26F3N3O4. The standard InChI is InChI=1S/C29H26F3N3O4/c1-19-15-21(25-9-5-6-10-26(25)33-19)18-39-24-13-11-22(12-14-24)35(28(37)29(30,31)32)23(17-27(36)34-38)16-20-7-3-2-4-8-20/h2-15,23,38H,16-18H2,1H3,(H,34,36). The van der Waals surface area contributed by atoms with E-state index in [1.165, 1.54) is 29.7 Å². The molecular weight excluding hydrogens is 511 g/mol. The predicted molar refractivity (Wildman–Crippen MR) is 139 cm³/mol. The zero-order valence-electron chi connectivity index (χ0n) is 21.0. The molecule has 0 bridgehead atoms. The van der Waals surface area contributed by atoms with Gasteiger partial charge in [-0.3, -0.25) is 19.8 Å². The first-order chi connectivity index (χ1) is 18.7. The van der Waals surface area contributed by atoms with Gasteiger partial charge in [-0.15, -0.1) is 0 Å². The van der Waals surface area contributed by atoms with Crippen LogP contribution < -0.4 is 15.1 Å². The number of para-hydroxylation sites is 1. The highest BCUT2D eigenvalue weighted by molar-refractivity contribution is 5.98. The summed E-state index contributed by atoms with van der Waals surface area (Å²) >= 11 is 0. The van der Waals surface area contributed by atoms with Crippen molar-refractivity contribution in [2.24, 2.45) is 0 Å². The first-order valence-corrected chi connectivity index (χ1v) is 12.1. The van der Waals surface area contributed by atoms with E-state index in [1.807, 2.05) is 37.3 Å². The molecule has 1 aromatic heterocycles. The van der Waals surface area contributed by atoms with Crippen molar-refractivity contribution in [2.45, 2.75) is 38.6 Å². The number of aromatic nitrogens is 1. The first kappa shape index (κ1) is 27.6. The smallest absolute Gasteiger partial charge is 0.471 e. The van der Waals surface area contributed by atoms with Gasteiger partial charge in [0, 0.05) is 28.8 Å². The monoisotopic (exact) mass is 537 g/mol. The number of hydrogen-bond acceptors (Lipinski definition) is 5. The van der Waals surface area contributed by atoms with E-state index in [-0.39, 0.29) is 18.7 Å². The van der Waals surface area contributed by atoms with Gasteiger partial charge >= 0.3 is 12.1 Å². The van der Waals surface area contributed by atoms with Gasteiger partial charge in [0.2, 0.25) is 5.91 Å². The Bertz CT molecular complexity index is 1440. The molecule has 202 valence electrons. The summed E-state index contributed by atoms with van der Waals surface area (Å²) in [6, 6.07) is 22.4. The van der Waals surface area contributed by atoms with Gasteiger partial charge in [0.25, 0.3) is 0 Å². The zero-order chi connectivity index (χ0) is 28.0. The molecule has 1 heterocycles. The summed E-state index contributed by atoms with van der Waals surface area (Å²) in [6.45, 7) is 2.07. The number of amides is 2. The second-order valence-corrected chi connectivity index (χ2v) is 8.98. The topological polar surface area (TPSA) is 91.8 Å². The van der Waals surface area contributed by atoms with E-state index >= 15 is 0 Å². The zero-order valence-corrected chi connectivity index (χ0v) is 21.0. The number of anilines is 1. The van der Waals surface area contributed by atoms with E-state index in [9.17, 15) is 22.8 Å². The third-order valence-electron chi connectivity index (χ3n) is 6.13. The van der Waals surface area contributed by atoms with Gasteiger partial charge in [0.05, 0.1) is 11.6 Å². The summed E-state index contributed by atoms with van der Waals surface area (Å²) < 4.78 is 46.9. The molecule has 2 N–H and O–H groups in total. The van der Waals surface area contributed by atoms with Crippen molar-refractivity contribution >= 4 is 28.4 Å². The Morgan fingerprint density at radius 2 is 1.67 bits per heavy atom. The number of nitrogens with one attached hydrogen (secondary N) is 1. The van der Waals surface area contributed by atoms with Crippen LogP contribution in [0.5, 0.6) is 5.75 Å². The third kappa shape index (κ3) is 6.91. The lowest BCUT2D eigenvalue weighted by molar-refractivity contribution is -0.171. The van der Waals surface area contributed by atoms with E-state index < -0.39 is 30.5 Å². The van der Waals surface area contributed by atoms with Crippen LogP contribution in [-0.2, 0) is 22.6 Å². The number of pyridine rings is 1. The maximum Gasteiger partial charge on any atom is 0.471 e. The SMILES string of the molecule is Cc1cc(COc2ccc(N(C(=O)C(F)(F)F)C(CC(=O)NO)Cc3ccccc3)cc2)c2ccccc2n1. The van der Waals surface area contributed by atoms with Gasteiger partial charge < -0.3 is 9.64 Å². The lowest BCUT2D eigenvalue weighted by Crippen LogP contribution is -2.50. The first-order valence-electron chi connectivity index (χ1n) is 12.1. The number of fused-ring (bicyclic) bond motifs is 1. The van der Waals surface area contributed by atoms with Gasteiger partial charge in [-0.2, -0.15) is 13.2 Å². The Hall–Kier alpha value is -4.44. The Kier molecular flexibility index (Phi) is 8.46. The summed E-state index contributed by atoms with van der Waals surface area (Å²) in [4.78, 5) is 29.6. The number of ether oxygens (including phenoxy) is 1. The van der Waals surface area contributed by atoms with Crippen LogP contribution in [0.15, 0.2) is 84.9 Å². The number of aryl methyl sites for hydroxylation is 1. The molecule has 4 aromatic rings. The molecule has 0 saturated heterocycles. The lowest BCUT2D eigenvalue weighted by atomic mass is 10.00. The number of carbonyl (C=O) groups is 2. The Labute approximate surface area is 222 Å². The highest BCUT2D eigenvalue weighted by Gasteiger charge is 2.45. The molecule has 4 rings (SSSR count). The Morgan fingerprint density at radius 1 is 1.00 bits per heavy atom. The largest absolute Gasteiger partial charge is 0.489 e. The number of nitrogens with zero attached hydrogens (tertiary/aromatic N) is 2. The molecule has 0 saturated carbocycles. The van der Waals surface area contributed by atoms with Gasteiger partial charge in [-0.1, -0.05) is 48.5 Å². The van der Waals surface area contributed by atoms with Crippen molar-refractivity contribution < 1.29 is 32.7 Å². The van der Waals surface area contributed by atoms with Crippen molar-refractivity contribution in [3.05, 3.63) is 102 Å². The van der Waals surface area contributed by atoms with Crippen LogP contribution in [0.1, 0.15) is 23.2 Å². The highest BCUT2D eigenvalue weighted by Crippen LogP contribution is 2.30. The van der Waals surface area contributed by atoms with Crippen molar-refractivity contribution in [3.63, 3.8) is 0 Å². The molecule has 0 aliphatic heterocycles. The molecule has 0 fully saturated rings. The van der Waals surface area contributed by atoms with Crippen LogP contribution >= 0.6 is 0 Å². The minimum Gasteiger partial charge on any atom is -0.489 e. The predicted octanol–water partition coefficient (Wildman–Crippen LogP) is 5.52. The molecule has 0 spiro atoms. The Balaban J connectivity index is 1.61. The number of rotatable bonds is 9. The van der Waals surface area contributed by atoms with Crippen molar-refractivity contribution in [3.8, 4) is 5.75 Å². The van der Waals surface area contributed by atoms with E-state index in [1.54, 1.807) is 30.3 Å². The number of halogens is 3. The summed E-state index contributed by atoms with van der Waals surface area (Å²) in [7, 11) is 0. The number of hydroxylamine groups is 1. The van der Waals surface area contributed by atoms with Crippen molar-refractivity contribution in [1.82, 2.24) is 10.5 Å². The van der Waals surface area contributed by atoms with E-state index in [4.69, 9.17) is 9.94 Å². The van der Waals surface area contributed by atoms with E-state index in [2.05, 4.69) is 4.98 Å². The molecule has 1 unspecified atom stereocenters. The molecule has 0 aliphatic carbocycles. The quantitative estimate of drug-likeness (QED) is 0.217. The second-order valence-electron chi connectivity index (χ2n) is 8.98. The fourth-order valence-electron chi connectivity index (χ4n) is 4.41. The van der Waals surface area contributed by atoms with Crippen LogP contribution in [0, 0.1) is 6.92 Å². The van der Waals surface area contributed by atoms with Gasteiger partial charge in [0.1, 0.15) is 12.4 Å². The van der Waals surface area contributed by atoms with E-state index in [0.29, 0.717) is 16.2 Å². The highest BCUT2D eigenvalue weighted by atomic mass is 19.4. The second kappa shape index (κ2) is 12.0. The fourth-order valence-corrected chi connectivity index (χ4v) is 4.41. The van der Waals surface area contributed by atoms with Crippen molar-refractivity contribution in [1.29, 1.82) is 0 Å². The lowest BCUT2D eigenvalue weighted by Gasteiger charge is -2.32. The van der Waals surface area contributed by atoms with Gasteiger partial charge in [-0.05, 0) is 55.3 Å². The van der Waals surface area contributed by atoms with E-state index in [0.717, 1.165) is 22.2 Å². The number of alkyl halides is 3. The minimum atomic E-state index is -5.19. The fraction of sp³-hybridized carbons (Fsp3) is 0.207. The average Bonchev–Trinajstić information content (AvgIpc) is 2.92. The molecule has 10 heteroatoms. The molecule has 0 aliphatic rings. The molecule has 3 aromatic carbocycles. The van der Waals surface area contributed by atoms with Gasteiger partial charge in [-0.25, -0.2) is 5.48 Å². The van der Waals surface area contributed by atoms with Crippen LogP contribution in [0.3, 0.4) is 0 Å². The Morgan fingerprint density at radius 3 is 2.33 bits per heavy atom. The number of carbonyl (C=O) groups excluding carboxylic acids is 2. The third-order valence-corrected chi connectivity index (χ3v) is 6.13. The maximum absolute atomic E-state index is 13.7. The van der Waals surface area contributed by atoms with Crippen LogP contribution in [0.2, 0.25) is 0 Å². The molecule has 7 nitrogen and oxygen atoms in total. The summed E-state index contributed by atoms with van der Waals surface area (Å²) in [5.41, 5.74) is 4.53. The number of benzene rings is 3. The van der Waals surface area contributed by atoms with Crippen molar-refractivity contribution in [2.75, 3.05) is 4.90 Å². The summed E-state index contributed by atoms with van der Waals surface area (Å²) in [5.74, 6) is -2.67. The summed E-state index contributed by atoms with van der Waals surface area (Å²) in [5, 5.41) is 9.95. The minimum absolute atomic E-state index is 0.0528. The van der Waals surface area contributed by atoms with Gasteiger partial charge in [0.15, 0.2) is 0 Å². The average molecular weight is 538 g/mol. The molecule has 39 heavy (non-hydrogen) atoms. The molecule has 2 amide bonds. The summed E-state index contributed by atoms with van der Waals surface area (Å²) in [6.07, 6.45) is -5.80. The molecule has 0 radical (unpaired) electrons.